The summed E-state index contributed by atoms with van der Waals surface area (Å²) < 4.78 is 0. The monoisotopic (exact) mass is 297 g/mol. The number of carboxylic acid groups (broad SMARTS) is 1. The van der Waals surface area contributed by atoms with Crippen molar-refractivity contribution in [3.63, 3.8) is 0 Å². The first-order chi connectivity index (χ1) is 9.88. The molecule has 2 atom stereocenters. The van der Waals surface area contributed by atoms with Gasteiger partial charge in [0.2, 0.25) is 5.91 Å². The van der Waals surface area contributed by atoms with E-state index in [1.54, 1.807) is 4.90 Å². The van der Waals surface area contributed by atoms with Crippen molar-refractivity contribution in [3.05, 3.63) is 0 Å². The van der Waals surface area contributed by atoms with Gasteiger partial charge >= 0.3 is 12.0 Å². The molecule has 7 heteroatoms. The van der Waals surface area contributed by atoms with Crippen molar-refractivity contribution >= 4 is 17.9 Å². The van der Waals surface area contributed by atoms with Crippen LogP contribution in [0.1, 0.15) is 33.1 Å². The zero-order chi connectivity index (χ0) is 15.6. The largest absolute Gasteiger partial charge is 0.481 e. The molecule has 0 aliphatic carbocycles. The van der Waals surface area contributed by atoms with Crippen LogP contribution in [-0.4, -0.2) is 64.5 Å². The number of piperazine rings is 1. The van der Waals surface area contributed by atoms with Crippen molar-refractivity contribution < 1.29 is 19.5 Å². The highest BCUT2D eigenvalue weighted by Gasteiger charge is 2.37. The number of fused-ring (bicyclic) bond motifs is 1. The first-order valence-corrected chi connectivity index (χ1v) is 7.45. The predicted molar refractivity (Wildman–Crippen MR) is 75.7 cm³/mol. The molecular weight excluding hydrogens is 274 g/mol. The quantitative estimate of drug-likeness (QED) is 0.791. The van der Waals surface area contributed by atoms with Crippen LogP contribution in [0.15, 0.2) is 0 Å². The highest BCUT2D eigenvalue weighted by atomic mass is 16.4. The van der Waals surface area contributed by atoms with Crippen molar-refractivity contribution in [1.29, 1.82) is 0 Å². The first-order valence-electron chi connectivity index (χ1n) is 7.45. The number of aliphatic carboxylic acids is 1. The first kappa shape index (κ1) is 15.6. The molecule has 0 aromatic heterocycles. The third-order valence-corrected chi connectivity index (χ3v) is 4.29. The summed E-state index contributed by atoms with van der Waals surface area (Å²) in [5, 5.41) is 11.7. The number of nitrogens with one attached hydrogen (secondary N) is 1. The summed E-state index contributed by atoms with van der Waals surface area (Å²) >= 11 is 0. The molecular formula is C14H23N3O4. The highest BCUT2D eigenvalue weighted by Crippen LogP contribution is 2.23. The summed E-state index contributed by atoms with van der Waals surface area (Å²) in [4.78, 5) is 38.3. The minimum absolute atomic E-state index is 0.0550. The molecule has 2 unspecified atom stereocenters. The molecule has 0 aromatic rings. The van der Waals surface area contributed by atoms with Crippen LogP contribution in [0.4, 0.5) is 4.79 Å². The molecule has 0 spiro atoms. The van der Waals surface area contributed by atoms with Crippen LogP contribution in [-0.2, 0) is 9.59 Å². The van der Waals surface area contributed by atoms with Gasteiger partial charge in [0.05, 0.1) is 6.42 Å². The van der Waals surface area contributed by atoms with Gasteiger partial charge < -0.3 is 20.2 Å². The number of carbonyl (C=O) groups excluding carboxylic acids is 2. The van der Waals surface area contributed by atoms with E-state index in [1.165, 1.54) is 0 Å². The van der Waals surface area contributed by atoms with E-state index in [0.29, 0.717) is 26.1 Å². The Labute approximate surface area is 124 Å². The number of hydrogen-bond acceptors (Lipinski definition) is 3. The number of amides is 3. The van der Waals surface area contributed by atoms with Crippen LogP contribution in [0.5, 0.6) is 0 Å². The second-order valence-electron chi connectivity index (χ2n) is 6.12. The molecule has 2 fully saturated rings. The summed E-state index contributed by atoms with van der Waals surface area (Å²) in [7, 11) is 0. The third kappa shape index (κ3) is 3.65. The standard InChI is InChI=1S/C14H23N3O4/c1-9(2)11(7-13(19)20)15-14(21)16-5-6-17-10(8-16)3-4-12(17)18/h9-11H,3-8H2,1-2H3,(H,15,21)(H,19,20). The Hall–Kier alpha value is -1.79. The number of carbonyl (C=O) groups is 3. The van der Waals surface area contributed by atoms with Gasteiger partial charge in [-0.15, -0.1) is 0 Å². The van der Waals surface area contributed by atoms with E-state index in [1.807, 2.05) is 18.7 Å². The summed E-state index contributed by atoms with van der Waals surface area (Å²) in [6.07, 6.45) is 1.28. The maximum atomic E-state index is 12.3. The Balaban J connectivity index is 1.91. The van der Waals surface area contributed by atoms with Crippen molar-refractivity contribution in [1.82, 2.24) is 15.1 Å². The number of nitrogens with zero attached hydrogens (tertiary/aromatic N) is 2. The van der Waals surface area contributed by atoms with Crippen molar-refractivity contribution in [2.75, 3.05) is 19.6 Å². The van der Waals surface area contributed by atoms with Crippen LogP contribution in [0.25, 0.3) is 0 Å². The van der Waals surface area contributed by atoms with Crippen LogP contribution < -0.4 is 5.32 Å². The average molecular weight is 297 g/mol. The summed E-state index contributed by atoms with van der Waals surface area (Å²) in [5.74, 6) is -0.689. The fourth-order valence-electron chi connectivity index (χ4n) is 2.94. The molecule has 2 aliphatic heterocycles. The lowest BCUT2D eigenvalue weighted by Gasteiger charge is -2.38. The Kier molecular flexibility index (Phi) is 4.69. The van der Waals surface area contributed by atoms with Crippen molar-refractivity contribution in [2.24, 2.45) is 5.92 Å². The molecule has 3 amide bonds. The molecule has 2 saturated heterocycles. The second kappa shape index (κ2) is 6.32. The van der Waals surface area contributed by atoms with Gasteiger partial charge in [-0.2, -0.15) is 0 Å². The molecule has 0 bridgehead atoms. The van der Waals surface area contributed by atoms with E-state index in [2.05, 4.69) is 5.32 Å². The molecule has 2 aliphatic rings. The topological polar surface area (TPSA) is 89.9 Å². The fraction of sp³-hybridized carbons (Fsp3) is 0.786. The zero-order valence-electron chi connectivity index (χ0n) is 12.5. The Morgan fingerprint density at radius 1 is 1.38 bits per heavy atom. The lowest BCUT2D eigenvalue weighted by Crippen LogP contribution is -2.57. The Morgan fingerprint density at radius 2 is 2.10 bits per heavy atom. The van der Waals surface area contributed by atoms with Crippen LogP contribution in [0.3, 0.4) is 0 Å². The van der Waals surface area contributed by atoms with Crippen molar-refractivity contribution in [3.8, 4) is 0 Å². The number of hydrogen-bond donors (Lipinski definition) is 2. The Morgan fingerprint density at radius 3 is 2.71 bits per heavy atom. The highest BCUT2D eigenvalue weighted by molar-refractivity contribution is 5.80. The van der Waals surface area contributed by atoms with E-state index < -0.39 is 5.97 Å². The van der Waals surface area contributed by atoms with Gasteiger partial charge in [-0.25, -0.2) is 4.79 Å². The number of carboxylic acids is 1. The van der Waals surface area contributed by atoms with Gasteiger partial charge in [0.1, 0.15) is 0 Å². The zero-order valence-corrected chi connectivity index (χ0v) is 12.5. The molecule has 0 radical (unpaired) electrons. The van der Waals surface area contributed by atoms with Gasteiger partial charge in [0, 0.05) is 38.1 Å². The van der Waals surface area contributed by atoms with E-state index in [0.717, 1.165) is 6.42 Å². The maximum Gasteiger partial charge on any atom is 0.317 e. The van der Waals surface area contributed by atoms with E-state index in [9.17, 15) is 14.4 Å². The molecule has 0 aromatic carbocycles. The lowest BCUT2D eigenvalue weighted by molar-refractivity contribution is -0.137. The van der Waals surface area contributed by atoms with Gasteiger partial charge in [0.15, 0.2) is 0 Å². The summed E-state index contributed by atoms with van der Waals surface area (Å²) in [6.45, 7) is 5.40. The molecule has 21 heavy (non-hydrogen) atoms. The number of rotatable bonds is 4. The third-order valence-electron chi connectivity index (χ3n) is 4.29. The van der Waals surface area contributed by atoms with Crippen LogP contribution in [0, 0.1) is 5.92 Å². The van der Waals surface area contributed by atoms with Gasteiger partial charge in [-0.05, 0) is 12.3 Å². The second-order valence-corrected chi connectivity index (χ2v) is 6.12. The summed E-state index contributed by atoms with van der Waals surface area (Å²) in [6, 6.07) is -0.485. The average Bonchev–Trinajstić information content (AvgIpc) is 2.78. The van der Waals surface area contributed by atoms with Gasteiger partial charge in [-0.3, -0.25) is 9.59 Å². The fourth-order valence-corrected chi connectivity index (χ4v) is 2.94. The smallest absolute Gasteiger partial charge is 0.317 e. The van der Waals surface area contributed by atoms with Crippen molar-refractivity contribution in [2.45, 2.75) is 45.2 Å². The normalized spacial score (nSPS) is 23.2. The minimum Gasteiger partial charge on any atom is -0.481 e. The van der Waals surface area contributed by atoms with E-state index in [-0.39, 0.29) is 36.4 Å². The van der Waals surface area contributed by atoms with Crippen LogP contribution in [0.2, 0.25) is 0 Å². The molecule has 0 saturated carbocycles. The molecule has 2 N–H and O–H groups in total. The lowest BCUT2D eigenvalue weighted by atomic mass is 10.0. The van der Waals surface area contributed by atoms with Crippen LogP contribution >= 0.6 is 0 Å². The Bertz CT molecular complexity index is 438. The minimum atomic E-state index is -0.916. The summed E-state index contributed by atoms with van der Waals surface area (Å²) in [5.41, 5.74) is 0. The molecule has 2 heterocycles. The molecule has 7 nitrogen and oxygen atoms in total. The van der Waals surface area contributed by atoms with E-state index >= 15 is 0 Å². The molecule has 2 rings (SSSR count). The van der Waals surface area contributed by atoms with E-state index in [4.69, 9.17) is 5.11 Å². The predicted octanol–water partition coefficient (Wildman–Crippen LogP) is 0.502. The maximum absolute atomic E-state index is 12.3. The molecule has 118 valence electrons. The number of urea groups is 1. The van der Waals surface area contributed by atoms with Gasteiger partial charge in [-0.1, -0.05) is 13.8 Å². The SMILES string of the molecule is CC(C)C(CC(=O)O)NC(=O)N1CCN2C(=O)CCC2C1. The van der Waals surface area contributed by atoms with Gasteiger partial charge in [0.25, 0.3) is 0 Å².